The Kier molecular flexibility index (Phi) is 4.11. The summed E-state index contributed by atoms with van der Waals surface area (Å²) in [4.78, 5) is 8.61. The van der Waals surface area contributed by atoms with Crippen LogP contribution >= 0.6 is 0 Å². The maximum absolute atomic E-state index is 4.37. The molecule has 1 N–H and O–H groups in total. The molecule has 0 aliphatic carbocycles. The number of allylic oxidation sites excluding steroid dienone is 1. The van der Waals surface area contributed by atoms with Crippen molar-refractivity contribution in [2.24, 2.45) is 0 Å². The Morgan fingerprint density at radius 1 is 1.43 bits per heavy atom. The summed E-state index contributed by atoms with van der Waals surface area (Å²) in [6.45, 7) is 6.84. The van der Waals surface area contributed by atoms with Gasteiger partial charge in [0.2, 0.25) is 0 Å². The summed E-state index contributed by atoms with van der Waals surface area (Å²) in [5.41, 5.74) is 1.90. The first-order valence-electron chi connectivity index (χ1n) is 4.89. The van der Waals surface area contributed by atoms with Crippen LogP contribution in [0.5, 0.6) is 0 Å². The van der Waals surface area contributed by atoms with E-state index >= 15 is 0 Å². The molecule has 1 heterocycles. The Bertz CT molecular complexity index is 318. The fraction of sp³-hybridized carbons (Fsp3) is 0.455. The fourth-order valence-electron chi connectivity index (χ4n) is 1.15. The van der Waals surface area contributed by atoms with Crippen LogP contribution in [-0.4, -0.2) is 16.5 Å². The minimum Gasteiger partial charge on any atom is -0.368 e. The van der Waals surface area contributed by atoms with Crippen LogP contribution in [0.25, 0.3) is 0 Å². The molecule has 3 nitrogen and oxygen atoms in total. The molecule has 0 atom stereocenters. The van der Waals surface area contributed by atoms with Gasteiger partial charge in [0.1, 0.15) is 5.82 Å². The van der Waals surface area contributed by atoms with Crippen molar-refractivity contribution in [1.82, 2.24) is 9.97 Å². The summed E-state index contributed by atoms with van der Waals surface area (Å²) in [5, 5.41) is 3.26. The van der Waals surface area contributed by atoms with Crippen LogP contribution in [0.4, 0.5) is 5.82 Å². The standard InChI is InChI=1S/C11H17N3/c1-4-5-6-7-12-11-10(3)13-8-9(2)14-11/h4-5,8H,6-7H2,1-3H3,(H,12,14)/b5-4+. The Hall–Kier alpha value is -1.38. The van der Waals surface area contributed by atoms with E-state index in [2.05, 4.69) is 27.4 Å². The van der Waals surface area contributed by atoms with Crippen LogP contribution in [-0.2, 0) is 0 Å². The average Bonchev–Trinajstić information content (AvgIpc) is 2.18. The van der Waals surface area contributed by atoms with Crippen LogP contribution < -0.4 is 5.32 Å². The van der Waals surface area contributed by atoms with Crippen molar-refractivity contribution < 1.29 is 0 Å². The number of hydrogen-bond donors (Lipinski definition) is 1. The molecule has 1 aromatic rings. The van der Waals surface area contributed by atoms with Crippen LogP contribution in [0.1, 0.15) is 24.7 Å². The summed E-state index contributed by atoms with van der Waals surface area (Å²) in [6.07, 6.45) is 6.99. The van der Waals surface area contributed by atoms with Gasteiger partial charge in [-0.25, -0.2) is 4.98 Å². The van der Waals surface area contributed by atoms with E-state index in [1.54, 1.807) is 6.20 Å². The van der Waals surface area contributed by atoms with Gasteiger partial charge in [-0.1, -0.05) is 12.2 Å². The second kappa shape index (κ2) is 5.37. The Morgan fingerprint density at radius 2 is 2.21 bits per heavy atom. The van der Waals surface area contributed by atoms with Gasteiger partial charge < -0.3 is 5.32 Å². The van der Waals surface area contributed by atoms with Crippen LogP contribution in [0.2, 0.25) is 0 Å². The van der Waals surface area contributed by atoms with Crippen molar-refractivity contribution in [1.29, 1.82) is 0 Å². The fourth-order valence-corrected chi connectivity index (χ4v) is 1.15. The number of hydrogen-bond acceptors (Lipinski definition) is 3. The Labute approximate surface area is 85.3 Å². The van der Waals surface area contributed by atoms with Gasteiger partial charge in [-0.2, -0.15) is 0 Å². The molecule has 3 heteroatoms. The molecule has 0 fully saturated rings. The third-order valence-corrected chi connectivity index (χ3v) is 1.92. The van der Waals surface area contributed by atoms with E-state index in [9.17, 15) is 0 Å². The van der Waals surface area contributed by atoms with Gasteiger partial charge >= 0.3 is 0 Å². The van der Waals surface area contributed by atoms with E-state index in [4.69, 9.17) is 0 Å². The summed E-state index contributed by atoms with van der Waals surface area (Å²) in [5.74, 6) is 0.898. The lowest BCUT2D eigenvalue weighted by Gasteiger charge is -2.06. The maximum atomic E-state index is 4.37. The summed E-state index contributed by atoms with van der Waals surface area (Å²) in [7, 11) is 0. The number of nitrogens with one attached hydrogen (secondary N) is 1. The lowest BCUT2D eigenvalue weighted by molar-refractivity contribution is 0.997. The number of aryl methyl sites for hydroxylation is 2. The summed E-state index contributed by atoms with van der Waals surface area (Å²) >= 11 is 0. The Morgan fingerprint density at radius 3 is 2.93 bits per heavy atom. The molecular formula is C11H17N3. The molecule has 0 saturated carbocycles. The molecule has 0 spiro atoms. The van der Waals surface area contributed by atoms with Gasteiger partial charge in [0.25, 0.3) is 0 Å². The molecule has 0 amide bonds. The van der Waals surface area contributed by atoms with E-state index in [-0.39, 0.29) is 0 Å². The first-order chi connectivity index (χ1) is 6.74. The second-order valence-corrected chi connectivity index (χ2v) is 3.23. The molecule has 0 bridgehead atoms. The first-order valence-corrected chi connectivity index (χ1v) is 4.89. The third-order valence-electron chi connectivity index (χ3n) is 1.92. The molecule has 0 aliphatic rings. The van der Waals surface area contributed by atoms with Gasteiger partial charge in [0.05, 0.1) is 11.4 Å². The van der Waals surface area contributed by atoms with Crippen LogP contribution in [0.3, 0.4) is 0 Å². The molecule has 0 radical (unpaired) electrons. The smallest absolute Gasteiger partial charge is 0.147 e. The van der Waals surface area contributed by atoms with Crippen molar-refractivity contribution in [3.8, 4) is 0 Å². The van der Waals surface area contributed by atoms with Crippen LogP contribution in [0, 0.1) is 13.8 Å². The van der Waals surface area contributed by atoms with Gasteiger partial charge in [-0.3, -0.25) is 4.98 Å². The lowest BCUT2D eigenvalue weighted by Crippen LogP contribution is -2.06. The predicted molar refractivity (Wildman–Crippen MR) is 59.4 cm³/mol. The monoisotopic (exact) mass is 191 g/mol. The van der Waals surface area contributed by atoms with Crippen molar-refractivity contribution >= 4 is 5.82 Å². The van der Waals surface area contributed by atoms with E-state index < -0.39 is 0 Å². The predicted octanol–water partition coefficient (Wildman–Crippen LogP) is 2.47. The first kappa shape index (κ1) is 10.7. The zero-order valence-electron chi connectivity index (χ0n) is 9.04. The molecule has 1 rings (SSSR count). The van der Waals surface area contributed by atoms with Crippen molar-refractivity contribution in [3.05, 3.63) is 29.7 Å². The van der Waals surface area contributed by atoms with E-state index in [1.165, 1.54) is 0 Å². The van der Waals surface area contributed by atoms with Crippen LogP contribution in [0.15, 0.2) is 18.3 Å². The molecule has 0 saturated heterocycles. The number of rotatable bonds is 4. The van der Waals surface area contributed by atoms with E-state index in [1.807, 2.05) is 20.8 Å². The molecule has 0 unspecified atom stereocenters. The highest BCUT2D eigenvalue weighted by Crippen LogP contribution is 2.08. The molecule has 76 valence electrons. The van der Waals surface area contributed by atoms with Gasteiger partial charge in [-0.05, 0) is 27.2 Å². The van der Waals surface area contributed by atoms with Gasteiger partial charge in [0.15, 0.2) is 0 Å². The average molecular weight is 191 g/mol. The normalized spacial score (nSPS) is 10.8. The van der Waals surface area contributed by atoms with E-state index in [0.29, 0.717) is 0 Å². The topological polar surface area (TPSA) is 37.8 Å². The van der Waals surface area contributed by atoms with Crippen molar-refractivity contribution in [2.45, 2.75) is 27.2 Å². The highest BCUT2D eigenvalue weighted by Gasteiger charge is 1.99. The quantitative estimate of drug-likeness (QED) is 0.587. The van der Waals surface area contributed by atoms with Gasteiger partial charge in [0, 0.05) is 12.7 Å². The summed E-state index contributed by atoms with van der Waals surface area (Å²) < 4.78 is 0. The molecule has 14 heavy (non-hydrogen) atoms. The highest BCUT2D eigenvalue weighted by atomic mass is 15.0. The van der Waals surface area contributed by atoms with E-state index in [0.717, 1.165) is 30.2 Å². The Balaban J connectivity index is 2.53. The highest BCUT2D eigenvalue weighted by molar-refractivity contribution is 5.39. The molecule has 1 aromatic heterocycles. The minimum absolute atomic E-state index is 0.898. The second-order valence-electron chi connectivity index (χ2n) is 3.23. The zero-order chi connectivity index (χ0) is 10.4. The lowest BCUT2D eigenvalue weighted by atomic mass is 10.3. The zero-order valence-corrected chi connectivity index (χ0v) is 9.04. The van der Waals surface area contributed by atoms with Crippen molar-refractivity contribution in [3.63, 3.8) is 0 Å². The van der Waals surface area contributed by atoms with Crippen molar-refractivity contribution in [2.75, 3.05) is 11.9 Å². The van der Waals surface area contributed by atoms with Gasteiger partial charge in [-0.15, -0.1) is 0 Å². The third kappa shape index (κ3) is 3.17. The summed E-state index contributed by atoms with van der Waals surface area (Å²) in [6, 6.07) is 0. The minimum atomic E-state index is 0.898. The number of anilines is 1. The molecular weight excluding hydrogens is 174 g/mol. The number of aromatic nitrogens is 2. The molecule has 0 aliphatic heterocycles. The molecule has 0 aromatic carbocycles. The maximum Gasteiger partial charge on any atom is 0.147 e. The largest absolute Gasteiger partial charge is 0.368 e. The number of nitrogens with zero attached hydrogens (tertiary/aromatic N) is 2. The SMILES string of the molecule is C/C=C/CCNc1nc(C)cnc1C.